The highest BCUT2D eigenvalue weighted by molar-refractivity contribution is 9.12. The number of benzene rings is 2. The summed E-state index contributed by atoms with van der Waals surface area (Å²) in [4.78, 5) is 0.219. The first-order chi connectivity index (χ1) is 11.5. The number of halogens is 2. The molecule has 24 heavy (non-hydrogen) atoms. The maximum absolute atomic E-state index is 5.72. The average molecular weight is 454 g/mol. The summed E-state index contributed by atoms with van der Waals surface area (Å²) in [5.74, 6) is 2.52. The van der Waals surface area contributed by atoms with Crippen LogP contribution in [0.5, 0.6) is 11.5 Å². The van der Waals surface area contributed by atoms with Crippen LogP contribution in [0.3, 0.4) is 0 Å². The van der Waals surface area contributed by atoms with Crippen molar-refractivity contribution in [3.8, 4) is 11.5 Å². The lowest BCUT2D eigenvalue weighted by atomic mass is 9.82. The Hall–Kier alpha value is -1.00. The van der Waals surface area contributed by atoms with Crippen molar-refractivity contribution < 1.29 is 9.47 Å². The zero-order valence-corrected chi connectivity index (χ0v) is 17.5. The van der Waals surface area contributed by atoms with Crippen LogP contribution in [0.4, 0.5) is 0 Å². The van der Waals surface area contributed by atoms with E-state index in [-0.39, 0.29) is 9.65 Å². The third kappa shape index (κ3) is 2.99. The summed E-state index contributed by atoms with van der Waals surface area (Å²) in [6.07, 6.45) is 0. The first-order valence-electron chi connectivity index (χ1n) is 8.11. The second-order valence-electron chi connectivity index (χ2n) is 6.38. The fourth-order valence-electron chi connectivity index (χ4n) is 3.38. The highest BCUT2D eigenvalue weighted by atomic mass is 79.9. The van der Waals surface area contributed by atoms with Crippen LogP contribution < -0.4 is 9.47 Å². The Bertz CT molecular complexity index is 664. The molecule has 0 saturated carbocycles. The zero-order valence-electron chi connectivity index (χ0n) is 14.3. The van der Waals surface area contributed by atoms with Crippen molar-refractivity contribution in [2.45, 2.75) is 35.3 Å². The molecule has 4 aliphatic rings. The molecule has 0 unspecified atom stereocenters. The number of alkyl halides is 2. The van der Waals surface area contributed by atoms with Gasteiger partial charge in [0.15, 0.2) is 0 Å². The van der Waals surface area contributed by atoms with Crippen molar-refractivity contribution >= 4 is 31.9 Å². The fourth-order valence-corrected chi connectivity index (χ4v) is 4.64. The molecule has 0 spiro atoms. The predicted molar refractivity (Wildman–Crippen MR) is 106 cm³/mol. The summed E-state index contributed by atoms with van der Waals surface area (Å²) >= 11 is 7.69. The van der Waals surface area contributed by atoms with Crippen LogP contribution in [0.2, 0.25) is 0 Å². The second kappa shape index (κ2) is 7.09. The zero-order chi connectivity index (χ0) is 17.4. The first kappa shape index (κ1) is 17.8. The molecule has 4 bridgehead atoms. The third-order valence-corrected chi connectivity index (χ3v) is 7.95. The summed E-state index contributed by atoms with van der Waals surface area (Å²) in [6.45, 7) is 4.52. The third-order valence-electron chi connectivity index (χ3n) is 5.16. The van der Waals surface area contributed by atoms with Crippen LogP contribution in [0.25, 0.3) is 0 Å². The number of hydrogen-bond acceptors (Lipinski definition) is 2. The monoisotopic (exact) mass is 452 g/mol. The fraction of sp³-hybridized carbons (Fsp3) is 0.400. The van der Waals surface area contributed by atoms with E-state index in [1.165, 1.54) is 16.7 Å². The van der Waals surface area contributed by atoms with Crippen molar-refractivity contribution in [2.24, 2.45) is 0 Å². The molecule has 0 aromatic heterocycles. The Morgan fingerprint density at radius 3 is 1.79 bits per heavy atom. The maximum atomic E-state index is 5.72. The van der Waals surface area contributed by atoms with Gasteiger partial charge in [0.05, 0.1) is 23.9 Å². The van der Waals surface area contributed by atoms with Crippen LogP contribution in [0.1, 0.15) is 57.6 Å². The molecule has 2 aromatic rings. The quantitative estimate of drug-likeness (QED) is 0.483. The highest BCUT2D eigenvalue weighted by Gasteiger charge is 2.28. The van der Waals surface area contributed by atoms with E-state index >= 15 is 0 Å². The van der Waals surface area contributed by atoms with Crippen LogP contribution in [0.15, 0.2) is 36.4 Å². The smallest absolute Gasteiger partial charge is 0.123 e. The molecule has 2 nitrogen and oxygen atoms in total. The Morgan fingerprint density at radius 2 is 1.21 bits per heavy atom. The van der Waals surface area contributed by atoms with Crippen molar-refractivity contribution in [3.63, 3.8) is 0 Å². The van der Waals surface area contributed by atoms with E-state index in [1.807, 2.05) is 0 Å². The molecule has 0 radical (unpaired) electrons. The molecule has 0 saturated heterocycles. The van der Waals surface area contributed by atoms with Gasteiger partial charge in [0, 0.05) is 11.1 Å². The van der Waals surface area contributed by atoms with Gasteiger partial charge in [-0.3, -0.25) is 0 Å². The Labute approximate surface area is 160 Å². The second-order valence-corrected chi connectivity index (χ2v) is 8.36. The van der Waals surface area contributed by atoms with Gasteiger partial charge in [0.2, 0.25) is 0 Å². The number of methoxy groups -OCH3 is 2. The Balaban J connectivity index is 2.27. The summed E-state index contributed by atoms with van der Waals surface area (Å²) in [5, 5.41) is 0. The highest BCUT2D eigenvalue weighted by Crippen LogP contribution is 2.49. The molecule has 0 fully saturated rings. The average Bonchev–Trinajstić information content (AvgIpc) is 2.63. The lowest BCUT2D eigenvalue weighted by Crippen LogP contribution is -2.11. The summed E-state index contributed by atoms with van der Waals surface area (Å²) in [6, 6.07) is 13.1. The number of rotatable bonds is 2. The molecule has 0 N–H and O–H groups in total. The van der Waals surface area contributed by atoms with Crippen LogP contribution in [0, 0.1) is 0 Å². The number of hydrogen-bond donors (Lipinski definition) is 0. The van der Waals surface area contributed by atoms with Gasteiger partial charge in [0.25, 0.3) is 0 Å². The van der Waals surface area contributed by atoms with Crippen molar-refractivity contribution in [2.75, 3.05) is 14.2 Å². The van der Waals surface area contributed by atoms with Gasteiger partial charge in [-0.1, -0.05) is 70.0 Å². The normalized spacial score (nSPS) is 25.9. The largest absolute Gasteiger partial charge is 0.496 e. The molecule has 128 valence electrons. The Kier molecular flexibility index (Phi) is 5.26. The van der Waals surface area contributed by atoms with Crippen molar-refractivity contribution in [1.82, 2.24) is 0 Å². The first-order valence-corrected chi connectivity index (χ1v) is 9.94. The van der Waals surface area contributed by atoms with Gasteiger partial charge in [0.1, 0.15) is 11.5 Å². The van der Waals surface area contributed by atoms with E-state index < -0.39 is 0 Å². The molecule has 0 aliphatic heterocycles. The van der Waals surface area contributed by atoms with Crippen LogP contribution in [-0.2, 0) is 0 Å². The molecule has 0 heterocycles. The van der Waals surface area contributed by atoms with E-state index in [0.717, 1.165) is 17.1 Å². The molecular formula is C20H22Br2O2. The van der Waals surface area contributed by atoms with E-state index in [2.05, 4.69) is 82.1 Å². The van der Waals surface area contributed by atoms with E-state index in [1.54, 1.807) is 14.2 Å². The summed E-state index contributed by atoms with van der Waals surface area (Å²) < 4.78 is 11.4. The van der Waals surface area contributed by atoms with Crippen LogP contribution >= 0.6 is 31.9 Å². The van der Waals surface area contributed by atoms with Gasteiger partial charge in [-0.05, 0) is 35.1 Å². The SMILES string of the molecule is COc1cc2c(OC)cc1[C@@H](Br)[C@H](Br)c1ccc(cc1)[C@@H](C)[C@H]2C. The number of ether oxygens (including phenoxy) is 2. The van der Waals surface area contributed by atoms with Crippen molar-refractivity contribution in [3.05, 3.63) is 58.7 Å². The van der Waals surface area contributed by atoms with Gasteiger partial charge in [-0.15, -0.1) is 0 Å². The van der Waals surface area contributed by atoms with Gasteiger partial charge >= 0.3 is 0 Å². The molecule has 4 atom stereocenters. The lowest BCUT2D eigenvalue weighted by Gasteiger charge is -2.28. The molecular weight excluding hydrogens is 432 g/mol. The molecule has 6 rings (SSSR count). The Morgan fingerprint density at radius 1 is 0.708 bits per heavy atom. The molecule has 4 aliphatic carbocycles. The lowest BCUT2D eigenvalue weighted by molar-refractivity contribution is 0.389. The minimum atomic E-state index is 0.0772. The van der Waals surface area contributed by atoms with Crippen LogP contribution in [-0.4, -0.2) is 14.2 Å². The topological polar surface area (TPSA) is 18.5 Å². The standard InChI is InChI=1S/C20H22Br2O2/c1-11-12(2)15-9-18(24-4)16(10-17(15)23-3)20(22)19(21)14-7-5-13(11)6-8-14/h5-12,19-20H,1-4H3/t11-,12+,19+,20+/m0/s1. The molecule has 4 heteroatoms. The van der Waals surface area contributed by atoms with Gasteiger partial charge < -0.3 is 9.47 Å². The predicted octanol–water partition coefficient (Wildman–Crippen LogP) is 6.50. The molecule has 2 aromatic carbocycles. The van der Waals surface area contributed by atoms with Crippen molar-refractivity contribution in [1.29, 1.82) is 0 Å². The van der Waals surface area contributed by atoms with E-state index in [4.69, 9.17) is 9.47 Å². The van der Waals surface area contributed by atoms with Gasteiger partial charge in [-0.25, -0.2) is 0 Å². The van der Waals surface area contributed by atoms with E-state index in [0.29, 0.717) is 11.8 Å². The van der Waals surface area contributed by atoms with E-state index in [9.17, 15) is 0 Å². The summed E-state index contributed by atoms with van der Waals surface area (Å²) in [7, 11) is 3.47. The molecule has 0 amide bonds. The minimum absolute atomic E-state index is 0.0772. The summed E-state index contributed by atoms with van der Waals surface area (Å²) in [5.41, 5.74) is 4.85. The maximum Gasteiger partial charge on any atom is 0.123 e. The minimum Gasteiger partial charge on any atom is -0.496 e. The van der Waals surface area contributed by atoms with Gasteiger partial charge in [-0.2, -0.15) is 0 Å².